The van der Waals surface area contributed by atoms with Crippen LogP contribution in [0.2, 0.25) is 5.02 Å². The molecule has 0 radical (unpaired) electrons. The van der Waals surface area contributed by atoms with E-state index in [2.05, 4.69) is 10.2 Å². The van der Waals surface area contributed by atoms with Gasteiger partial charge in [-0.2, -0.15) is 0 Å². The minimum Gasteiger partial charge on any atom is -0.376 e. The average Bonchev–Trinajstić information content (AvgIpc) is 3.45. The predicted molar refractivity (Wildman–Crippen MR) is 112 cm³/mol. The summed E-state index contributed by atoms with van der Waals surface area (Å²) in [4.78, 5) is 29.0. The van der Waals surface area contributed by atoms with Crippen LogP contribution in [0.4, 0.5) is 4.39 Å². The van der Waals surface area contributed by atoms with E-state index in [1.165, 1.54) is 18.9 Å². The maximum absolute atomic E-state index is 14.7. The second kappa shape index (κ2) is 9.20. The van der Waals surface area contributed by atoms with Crippen molar-refractivity contribution in [1.29, 1.82) is 0 Å². The fourth-order valence-corrected chi connectivity index (χ4v) is 4.74. The number of carbonyl (C=O) groups is 2. The van der Waals surface area contributed by atoms with Crippen molar-refractivity contribution < 1.29 is 18.7 Å². The molecule has 3 atom stereocenters. The number of likely N-dealkylation sites (tertiary alicyclic amines) is 1. The van der Waals surface area contributed by atoms with Crippen molar-refractivity contribution in [2.75, 3.05) is 39.3 Å². The number of halogens is 2. The lowest BCUT2D eigenvalue weighted by atomic mass is 10.0. The SMILES string of the molecule is C[C@@H]1CN([C@@H](CNC(=O)[C@@H]2CC(=O)N(CC3CC3)C2)c2c(F)cccc2Cl)CCO1. The third-order valence-electron chi connectivity index (χ3n) is 6.28. The molecular formula is C22H29ClFN3O3. The van der Waals surface area contributed by atoms with Gasteiger partial charge in [-0.15, -0.1) is 0 Å². The predicted octanol–water partition coefficient (Wildman–Crippen LogP) is 2.62. The third kappa shape index (κ3) is 4.95. The summed E-state index contributed by atoms with van der Waals surface area (Å²) in [6.07, 6.45) is 2.61. The first-order valence-corrected chi connectivity index (χ1v) is 11.1. The standard InChI is InChI=1S/C22H29ClFN3O3/c1-14-11-26(7-8-30-14)19(21-17(23)3-2-4-18(21)24)10-25-22(29)16-9-20(28)27(13-16)12-15-5-6-15/h2-4,14-16,19H,5-13H2,1H3,(H,25,29)/t14-,16-,19+/m1/s1. The molecule has 8 heteroatoms. The van der Waals surface area contributed by atoms with Crippen molar-refractivity contribution in [3.05, 3.63) is 34.6 Å². The second-order valence-corrected chi connectivity index (χ2v) is 9.12. The van der Waals surface area contributed by atoms with Crippen LogP contribution in [0.25, 0.3) is 0 Å². The van der Waals surface area contributed by atoms with Gasteiger partial charge >= 0.3 is 0 Å². The van der Waals surface area contributed by atoms with Crippen LogP contribution >= 0.6 is 11.6 Å². The number of amides is 2. The molecule has 3 fully saturated rings. The Bertz CT molecular complexity index is 784. The van der Waals surface area contributed by atoms with Gasteiger partial charge in [0.1, 0.15) is 5.82 Å². The molecule has 30 heavy (non-hydrogen) atoms. The lowest BCUT2D eigenvalue weighted by molar-refractivity contribution is -0.129. The van der Waals surface area contributed by atoms with Gasteiger partial charge in [-0.3, -0.25) is 14.5 Å². The molecule has 164 valence electrons. The molecule has 1 saturated carbocycles. The first-order valence-electron chi connectivity index (χ1n) is 10.8. The van der Waals surface area contributed by atoms with Gasteiger partial charge in [0.2, 0.25) is 11.8 Å². The van der Waals surface area contributed by atoms with Crippen molar-refractivity contribution in [1.82, 2.24) is 15.1 Å². The van der Waals surface area contributed by atoms with E-state index in [-0.39, 0.29) is 42.6 Å². The summed E-state index contributed by atoms with van der Waals surface area (Å²) in [6.45, 7) is 5.26. The molecule has 0 spiro atoms. The highest BCUT2D eigenvalue weighted by molar-refractivity contribution is 6.31. The smallest absolute Gasteiger partial charge is 0.225 e. The molecule has 2 aliphatic heterocycles. The summed E-state index contributed by atoms with van der Waals surface area (Å²) >= 11 is 6.35. The molecule has 4 rings (SSSR count). The van der Waals surface area contributed by atoms with Crippen LogP contribution < -0.4 is 5.32 Å². The Morgan fingerprint density at radius 2 is 2.17 bits per heavy atom. The summed E-state index contributed by atoms with van der Waals surface area (Å²) in [5.74, 6) is -0.228. The summed E-state index contributed by atoms with van der Waals surface area (Å²) in [5.41, 5.74) is 0.395. The van der Waals surface area contributed by atoms with E-state index in [4.69, 9.17) is 16.3 Å². The highest BCUT2D eigenvalue weighted by atomic mass is 35.5. The van der Waals surface area contributed by atoms with Crippen LogP contribution in [0.1, 0.15) is 37.8 Å². The van der Waals surface area contributed by atoms with E-state index in [1.54, 1.807) is 12.1 Å². The van der Waals surface area contributed by atoms with Crippen molar-refractivity contribution in [2.24, 2.45) is 11.8 Å². The lowest BCUT2D eigenvalue weighted by Crippen LogP contribution is -2.47. The number of carbonyl (C=O) groups excluding carboxylic acids is 2. The van der Waals surface area contributed by atoms with E-state index in [0.29, 0.717) is 42.7 Å². The fraction of sp³-hybridized carbons (Fsp3) is 0.636. The maximum Gasteiger partial charge on any atom is 0.225 e. The summed E-state index contributed by atoms with van der Waals surface area (Å²) in [7, 11) is 0. The molecule has 2 amide bonds. The molecule has 2 saturated heterocycles. The first kappa shape index (κ1) is 21.5. The van der Waals surface area contributed by atoms with Gasteiger partial charge in [0.15, 0.2) is 0 Å². The summed E-state index contributed by atoms with van der Waals surface area (Å²) in [6, 6.07) is 4.25. The Morgan fingerprint density at radius 3 is 2.87 bits per heavy atom. The molecule has 6 nitrogen and oxygen atoms in total. The van der Waals surface area contributed by atoms with E-state index in [9.17, 15) is 14.0 Å². The van der Waals surface area contributed by atoms with Crippen LogP contribution in [0.3, 0.4) is 0 Å². The van der Waals surface area contributed by atoms with Crippen LogP contribution in [0.15, 0.2) is 18.2 Å². The number of nitrogens with one attached hydrogen (secondary N) is 1. The van der Waals surface area contributed by atoms with Gasteiger partial charge < -0.3 is 15.0 Å². The van der Waals surface area contributed by atoms with Crippen LogP contribution in [0, 0.1) is 17.7 Å². The first-order chi connectivity index (χ1) is 14.4. The molecule has 3 aliphatic rings. The Balaban J connectivity index is 1.44. The molecular weight excluding hydrogens is 409 g/mol. The van der Waals surface area contributed by atoms with Crippen LogP contribution in [0.5, 0.6) is 0 Å². The van der Waals surface area contributed by atoms with E-state index >= 15 is 0 Å². The number of hydrogen-bond acceptors (Lipinski definition) is 4. The number of rotatable bonds is 7. The van der Waals surface area contributed by atoms with Crippen molar-refractivity contribution >= 4 is 23.4 Å². The van der Waals surface area contributed by atoms with Crippen LogP contribution in [-0.4, -0.2) is 67.0 Å². The Morgan fingerprint density at radius 1 is 1.37 bits per heavy atom. The molecule has 2 heterocycles. The number of benzene rings is 1. The summed E-state index contributed by atoms with van der Waals surface area (Å²) < 4.78 is 20.3. The maximum atomic E-state index is 14.7. The van der Waals surface area contributed by atoms with Gasteiger partial charge in [0, 0.05) is 49.7 Å². The highest BCUT2D eigenvalue weighted by Gasteiger charge is 2.38. The Kier molecular flexibility index (Phi) is 6.60. The number of nitrogens with zero attached hydrogens (tertiary/aromatic N) is 2. The van der Waals surface area contributed by atoms with E-state index in [0.717, 1.165) is 6.54 Å². The van der Waals surface area contributed by atoms with Crippen molar-refractivity contribution in [2.45, 2.75) is 38.3 Å². The Hall–Kier alpha value is -1.70. The topological polar surface area (TPSA) is 61.9 Å². The quantitative estimate of drug-likeness (QED) is 0.712. The average molecular weight is 438 g/mol. The van der Waals surface area contributed by atoms with E-state index in [1.807, 2.05) is 11.8 Å². The normalized spacial score (nSPS) is 26.1. The molecule has 1 aromatic carbocycles. The van der Waals surface area contributed by atoms with Gasteiger partial charge in [0.25, 0.3) is 0 Å². The minimum atomic E-state index is -0.395. The largest absolute Gasteiger partial charge is 0.376 e. The third-order valence-corrected chi connectivity index (χ3v) is 6.61. The van der Waals surface area contributed by atoms with Gasteiger partial charge in [0.05, 0.1) is 24.7 Å². The van der Waals surface area contributed by atoms with Crippen molar-refractivity contribution in [3.8, 4) is 0 Å². The van der Waals surface area contributed by atoms with Gasteiger partial charge in [-0.25, -0.2) is 4.39 Å². The Labute approximate surface area is 181 Å². The van der Waals surface area contributed by atoms with E-state index < -0.39 is 6.04 Å². The number of hydrogen-bond donors (Lipinski definition) is 1. The monoisotopic (exact) mass is 437 g/mol. The zero-order chi connectivity index (χ0) is 21.3. The number of morpholine rings is 1. The zero-order valence-corrected chi connectivity index (χ0v) is 18.0. The molecule has 0 unspecified atom stereocenters. The summed E-state index contributed by atoms with van der Waals surface area (Å²) in [5, 5.41) is 3.32. The molecule has 1 N–H and O–H groups in total. The van der Waals surface area contributed by atoms with Crippen LogP contribution in [-0.2, 0) is 14.3 Å². The van der Waals surface area contributed by atoms with Gasteiger partial charge in [-0.1, -0.05) is 17.7 Å². The lowest BCUT2D eigenvalue weighted by Gasteiger charge is -2.38. The highest BCUT2D eigenvalue weighted by Crippen LogP contribution is 2.33. The molecule has 0 aromatic heterocycles. The molecule has 1 aliphatic carbocycles. The fourth-order valence-electron chi connectivity index (χ4n) is 4.45. The molecule has 1 aromatic rings. The zero-order valence-electron chi connectivity index (χ0n) is 17.3. The van der Waals surface area contributed by atoms with Gasteiger partial charge in [-0.05, 0) is 37.8 Å². The molecule has 0 bridgehead atoms. The number of ether oxygens (including phenoxy) is 1. The minimum absolute atomic E-state index is 0.0194. The van der Waals surface area contributed by atoms with Crippen molar-refractivity contribution in [3.63, 3.8) is 0 Å². The second-order valence-electron chi connectivity index (χ2n) is 8.72.